The number of rotatable bonds is 6. The molecule has 0 radical (unpaired) electrons. The minimum Gasteiger partial charge on any atom is -0.377 e. The molecule has 0 atom stereocenters. The Kier molecular flexibility index (Phi) is 6.34. The molecule has 26 heavy (non-hydrogen) atoms. The summed E-state index contributed by atoms with van der Waals surface area (Å²) in [6.45, 7) is 2.47. The molecule has 1 amide bonds. The lowest BCUT2D eigenvalue weighted by Gasteiger charge is -2.32. The van der Waals surface area contributed by atoms with Crippen LogP contribution < -0.4 is 0 Å². The monoisotopic (exact) mass is 359 g/mol. The Hall–Kier alpha value is -2.27. The van der Waals surface area contributed by atoms with E-state index < -0.39 is 0 Å². The topological polar surface area (TPSA) is 29.5 Å². The molecular formula is C21H23F2NO2. The number of benzene rings is 2. The standard InChI is InChI=1S/C21H23F2NO2/c22-19-6-4-18(5-7-19)21(25)24-11-8-16(9-12-24)10-13-26-15-17-2-1-3-20(23)14-17/h1-7,14,16H,8-13,15H2. The number of carbonyl (C=O) groups is 1. The largest absolute Gasteiger partial charge is 0.377 e. The zero-order chi connectivity index (χ0) is 18.4. The summed E-state index contributed by atoms with van der Waals surface area (Å²) >= 11 is 0. The van der Waals surface area contributed by atoms with Gasteiger partial charge in [0.05, 0.1) is 6.61 Å². The first kappa shape index (κ1) is 18.5. The third-order valence-electron chi connectivity index (χ3n) is 4.82. The highest BCUT2D eigenvalue weighted by molar-refractivity contribution is 5.94. The predicted octanol–water partition coefficient (Wildman–Crippen LogP) is 4.42. The maximum absolute atomic E-state index is 13.1. The molecule has 138 valence electrons. The fourth-order valence-corrected chi connectivity index (χ4v) is 3.27. The minimum absolute atomic E-state index is 0.0363. The van der Waals surface area contributed by atoms with Crippen molar-refractivity contribution in [2.75, 3.05) is 19.7 Å². The predicted molar refractivity (Wildman–Crippen MR) is 95.7 cm³/mol. The summed E-state index contributed by atoms with van der Waals surface area (Å²) in [6, 6.07) is 12.1. The summed E-state index contributed by atoms with van der Waals surface area (Å²) in [7, 11) is 0. The number of halogens is 2. The van der Waals surface area contributed by atoms with Crippen molar-refractivity contribution < 1.29 is 18.3 Å². The molecule has 0 N–H and O–H groups in total. The third-order valence-corrected chi connectivity index (χ3v) is 4.82. The van der Waals surface area contributed by atoms with E-state index in [1.807, 2.05) is 11.0 Å². The van der Waals surface area contributed by atoms with E-state index in [1.54, 1.807) is 6.07 Å². The Morgan fingerprint density at radius 1 is 1.04 bits per heavy atom. The molecule has 1 fully saturated rings. The Morgan fingerprint density at radius 3 is 2.46 bits per heavy atom. The van der Waals surface area contributed by atoms with Crippen molar-refractivity contribution in [2.45, 2.75) is 25.9 Å². The van der Waals surface area contributed by atoms with E-state index in [1.165, 1.54) is 36.4 Å². The normalized spacial score (nSPS) is 15.2. The quantitative estimate of drug-likeness (QED) is 0.715. The molecule has 5 heteroatoms. The lowest BCUT2D eigenvalue weighted by atomic mass is 9.93. The van der Waals surface area contributed by atoms with Crippen molar-refractivity contribution in [3.05, 3.63) is 71.3 Å². The van der Waals surface area contributed by atoms with Crippen LogP contribution in [0.4, 0.5) is 8.78 Å². The average Bonchev–Trinajstić information content (AvgIpc) is 2.66. The van der Waals surface area contributed by atoms with E-state index >= 15 is 0 Å². The Morgan fingerprint density at radius 2 is 1.77 bits per heavy atom. The molecule has 1 saturated heterocycles. The van der Waals surface area contributed by atoms with Crippen molar-refractivity contribution in [1.29, 1.82) is 0 Å². The van der Waals surface area contributed by atoms with E-state index in [0.29, 0.717) is 37.8 Å². The van der Waals surface area contributed by atoms with Gasteiger partial charge in [-0.15, -0.1) is 0 Å². The van der Waals surface area contributed by atoms with Crippen LogP contribution in [0.1, 0.15) is 35.2 Å². The highest BCUT2D eigenvalue weighted by atomic mass is 19.1. The number of hydrogen-bond acceptors (Lipinski definition) is 2. The fourth-order valence-electron chi connectivity index (χ4n) is 3.27. The third kappa shape index (κ3) is 5.11. The first-order valence-electron chi connectivity index (χ1n) is 8.99. The van der Waals surface area contributed by atoms with Gasteiger partial charge in [-0.1, -0.05) is 12.1 Å². The smallest absolute Gasteiger partial charge is 0.253 e. The van der Waals surface area contributed by atoms with Gasteiger partial charge in [0.2, 0.25) is 0 Å². The average molecular weight is 359 g/mol. The summed E-state index contributed by atoms with van der Waals surface area (Å²) in [5, 5.41) is 0. The summed E-state index contributed by atoms with van der Waals surface area (Å²) in [6.07, 6.45) is 2.82. The summed E-state index contributed by atoms with van der Waals surface area (Å²) in [5.74, 6) is -0.0895. The molecule has 3 rings (SSSR count). The SMILES string of the molecule is O=C(c1ccc(F)cc1)N1CCC(CCOCc2cccc(F)c2)CC1. The molecule has 0 aromatic heterocycles. The van der Waals surface area contributed by atoms with Crippen LogP contribution in [-0.2, 0) is 11.3 Å². The van der Waals surface area contributed by atoms with Crippen LogP contribution >= 0.6 is 0 Å². The van der Waals surface area contributed by atoms with Crippen molar-refractivity contribution in [1.82, 2.24) is 4.90 Å². The van der Waals surface area contributed by atoms with Crippen molar-refractivity contribution in [3.63, 3.8) is 0 Å². The first-order chi connectivity index (χ1) is 12.6. The number of piperidine rings is 1. The zero-order valence-corrected chi connectivity index (χ0v) is 14.7. The number of likely N-dealkylation sites (tertiary alicyclic amines) is 1. The van der Waals surface area contributed by atoms with E-state index in [9.17, 15) is 13.6 Å². The molecule has 0 unspecified atom stereocenters. The maximum atomic E-state index is 13.1. The first-order valence-corrected chi connectivity index (χ1v) is 8.99. The van der Waals surface area contributed by atoms with Gasteiger partial charge in [-0.2, -0.15) is 0 Å². The lowest BCUT2D eigenvalue weighted by Crippen LogP contribution is -2.38. The Balaban J connectivity index is 1.37. The second kappa shape index (κ2) is 8.90. The molecule has 1 heterocycles. The molecular weight excluding hydrogens is 336 g/mol. The maximum Gasteiger partial charge on any atom is 0.253 e. The molecule has 2 aromatic carbocycles. The van der Waals surface area contributed by atoms with Gasteiger partial charge in [0.25, 0.3) is 5.91 Å². The molecule has 0 bridgehead atoms. The number of nitrogens with zero attached hydrogens (tertiary/aromatic N) is 1. The van der Waals surface area contributed by atoms with Crippen molar-refractivity contribution >= 4 is 5.91 Å². The molecule has 3 nitrogen and oxygen atoms in total. The van der Waals surface area contributed by atoms with Gasteiger partial charge < -0.3 is 9.64 Å². The molecule has 0 aliphatic carbocycles. The summed E-state index contributed by atoms with van der Waals surface area (Å²) < 4.78 is 31.7. The van der Waals surface area contributed by atoms with Crippen LogP contribution in [-0.4, -0.2) is 30.5 Å². The lowest BCUT2D eigenvalue weighted by molar-refractivity contribution is 0.0638. The zero-order valence-electron chi connectivity index (χ0n) is 14.7. The number of carbonyl (C=O) groups excluding carboxylic acids is 1. The van der Waals surface area contributed by atoms with Gasteiger partial charge in [0.1, 0.15) is 11.6 Å². The molecule has 1 aliphatic rings. The second-order valence-electron chi connectivity index (χ2n) is 6.71. The highest BCUT2D eigenvalue weighted by Crippen LogP contribution is 2.22. The van der Waals surface area contributed by atoms with Crippen LogP contribution in [0.5, 0.6) is 0 Å². The van der Waals surface area contributed by atoms with Crippen LogP contribution in [0.3, 0.4) is 0 Å². The van der Waals surface area contributed by atoms with Crippen molar-refractivity contribution in [2.24, 2.45) is 5.92 Å². The fraction of sp³-hybridized carbons (Fsp3) is 0.381. The molecule has 0 spiro atoms. The highest BCUT2D eigenvalue weighted by Gasteiger charge is 2.23. The van der Waals surface area contributed by atoms with E-state index in [2.05, 4.69) is 0 Å². The van der Waals surface area contributed by atoms with Gasteiger partial charge in [-0.05, 0) is 67.1 Å². The van der Waals surface area contributed by atoms with Crippen LogP contribution in [0.15, 0.2) is 48.5 Å². The van der Waals surface area contributed by atoms with Gasteiger partial charge in [-0.25, -0.2) is 8.78 Å². The Labute approximate surface area is 152 Å². The van der Waals surface area contributed by atoms with Gasteiger partial charge in [0, 0.05) is 25.3 Å². The summed E-state index contributed by atoms with van der Waals surface area (Å²) in [5.41, 5.74) is 1.37. The second-order valence-corrected chi connectivity index (χ2v) is 6.71. The van der Waals surface area contributed by atoms with Gasteiger partial charge in [0.15, 0.2) is 0 Å². The summed E-state index contributed by atoms with van der Waals surface area (Å²) in [4.78, 5) is 14.2. The minimum atomic E-state index is -0.335. The Bertz CT molecular complexity index is 725. The number of hydrogen-bond donors (Lipinski definition) is 0. The molecule has 1 aliphatic heterocycles. The van der Waals surface area contributed by atoms with Gasteiger partial charge in [-0.3, -0.25) is 4.79 Å². The molecule has 2 aromatic rings. The number of amides is 1. The van der Waals surface area contributed by atoms with E-state index in [4.69, 9.17) is 4.74 Å². The van der Waals surface area contributed by atoms with E-state index in [0.717, 1.165) is 24.8 Å². The van der Waals surface area contributed by atoms with Crippen LogP contribution in [0.25, 0.3) is 0 Å². The van der Waals surface area contributed by atoms with Crippen molar-refractivity contribution in [3.8, 4) is 0 Å². The van der Waals surface area contributed by atoms with Crippen LogP contribution in [0, 0.1) is 17.6 Å². The molecule has 0 saturated carbocycles. The number of ether oxygens (including phenoxy) is 1. The van der Waals surface area contributed by atoms with Crippen LogP contribution in [0.2, 0.25) is 0 Å². The van der Waals surface area contributed by atoms with E-state index in [-0.39, 0.29) is 17.5 Å². The van der Waals surface area contributed by atoms with Gasteiger partial charge >= 0.3 is 0 Å².